The van der Waals surface area contributed by atoms with Gasteiger partial charge in [0.1, 0.15) is 5.76 Å². The van der Waals surface area contributed by atoms with E-state index in [0.717, 1.165) is 17.9 Å². The van der Waals surface area contributed by atoms with E-state index in [1.54, 1.807) is 6.26 Å². The predicted octanol–water partition coefficient (Wildman–Crippen LogP) is 3.37. The third-order valence-electron chi connectivity index (χ3n) is 3.05. The van der Waals surface area contributed by atoms with Crippen molar-refractivity contribution < 1.29 is 4.42 Å². The van der Waals surface area contributed by atoms with E-state index in [9.17, 15) is 0 Å². The molecule has 0 amide bonds. The fourth-order valence-corrected chi connectivity index (χ4v) is 1.90. The molecule has 1 aromatic carbocycles. The van der Waals surface area contributed by atoms with Crippen molar-refractivity contribution in [3.8, 4) is 0 Å². The Balaban J connectivity index is 1.90. The van der Waals surface area contributed by atoms with Crippen LogP contribution >= 0.6 is 0 Å². The lowest BCUT2D eigenvalue weighted by Crippen LogP contribution is -2.23. The van der Waals surface area contributed by atoms with E-state index in [2.05, 4.69) is 36.3 Å². The zero-order chi connectivity index (χ0) is 14.4. The van der Waals surface area contributed by atoms with Gasteiger partial charge in [-0.25, -0.2) is 0 Å². The molecule has 2 aromatic rings. The number of furan rings is 1. The van der Waals surface area contributed by atoms with Crippen LogP contribution in [0.5, 0.6) is 0 Å². The molecular weight excluding hydrogens is 250 g/mol. The number of hydrogen-bond donors (Lipinski definition) is 2. The minimum Gasteiger partial charge on any atom is -0.469 e. The highest BCUT2D eigenvalue weighted by atomic mass is 16.3. The van der Waals surface area contributed by atoms with Crippen molar-refractivity contribution in [1.29, 1.82) is 0 Å². The smallest absolute Gasteiger partial charge is 0.193 e. The number of hydrogen-bond acceptors (Lipinski definition) is 2. The summed E-state index contributed by atoms with van der Waals surface area (Å²) in [5, 5.41) is 3.11. The van der Waals surface area contributed by atoms with E-state index >= 15 is 0 Å². The van der Waals surface area contributed by atoms with Crippen LogP contribution in [0.1, 0.15) is 31.1 Å². The van der Waals surface area contributed by atoms with Gasteiger partial charge in [-0.3, -0.25) is 4.99 Å². The maximum absolute atomic E-state index is 5.88. The Labute approximate surface area is 119 Å². The average Bonchev–Trinajstić information content (AvgIpc) is 2.92. The second-order valence-corrected chi connectivity index (χ2v) is 5.00. The summed E-state index contributed by atoms with van der Waals surface area (Å²) in [4.78, 5) is 4.29. The second kappa shape index (κ2) is 6.80. The molecule has 0 aliphatic carbocycles. The van der Waals surface area contributed by atoms with Crippen LogP contribution in [0.3, 0.4) is 0 Å². The fraction of sp³-hybridized carbons (Fsp3) is 0.312. The van der Waals surface area contributed by atoms with Gasteiger partial charge in [-0.1, -0.05) is 26.0 Å². The van der Waals surface area contributed by atoms with Gasteiger partial charge >= 0.3 is 0 Å². The number of aliphatic imine (C=N–C) groups is 1. The van der Waals surface area contributed by atoms with Crippen LogP contribution in [-0.2, 0) is 6.42 Å². The average molecular weight is 271 g/mol. The second-order valence-electron chi connectivity index (χ2n) is 5.00. The zero-order valence-corrected chi connectivity index (χ0v) is 12.0. The van der Waals surface area contributed by atoms with Gasteiger partial charge in [0.2, 0.25) is 0 Å². The maximum atomic E-state index is 5.88. The highest BCUT2D eigenvalue weighted by molar-refractivity contribution is 5.92. The van der Waals surface area contributed by atoms with Crippen LogP contribution in [0.2, 0.25) is 0 Å². The number of anilines is 1. The van der Waals surface area contributed by atoms with Crippen LogP contribution < -0.4 is 11.1 Å². The lowest BCUT2D eigenvalue weighted by molar-refractivity contribution is 0.511. The van der Waals surface area contributed by atoms with Crippen LogP contribution in [0.4, 0.5) is 5.69 Å². The van der Waals surface area contributed by atoms with Gasteiger partial charge in [0.15, 0.2) is 5.96 Å². The van der Waals surface area contributed by atoms with Gasteiger partial charge in [0.25, 0.3) is 0 Å². The minimum atomic E-state index is 0.428. The van der Waals surface area contributed by atoms with Crippen molar-refractivity contribution >= 4 is 11.6 Å². The summed E-state index contributed by atoms with van der Waals surface area (Å²) in [6.45, 7) is 4.94. The third kappa shape index (κ3) is 4.16. The van der Waals surface area contributed by atoms with Gasteiger partial charge in [-0.15, -0.1) is 0 Å². The van der Waals surface area contributed by atoms with Crippen molar-refractivity contribution in [3.05, 3.63) is 54.0 Å². The topological polar surface area (TPSA) is 63.5 Å². The van der Waals surface area contributed by atoms with Crippen molar-refractivity contribution in [2.45, 2.75) is 26.2 Å². The van der Waals surface area contributed by atoms with Gasteiger partial charge in [0, 0.05) is 18.7 Å². The molecule has 0 aliphatic rings. The Hall–Kier alpha value is -2.23. The Morgan fingerprint density at radius 3 is 2.85 bits per heavy atom. The molecule has 3 N–H and O–H groups in total. The molecule has 0 saturated carbocycles. The molecule has 2 rings (SSSR count). The molecule has 0 saturated heterocycles. The highest BCUT2D eigenvalue weighted by Crippen LogP contribution is 2.18. The lowest BCUT2D eigenvalue weighted by atomic mass is 10.0. The quantitative estimate of drug-likeness (QED) is 0.647. The molecule has 0 unspecified atom stereocenters. The Morgan fingerprint density at radius 2 is 2.15 bits per heavy atom. The molecule has 0 spiro atoms. The van der Waals surface area contributed by atoms with Crippen molar-refractivity contribution in [1.82, 2.24) is 0 Å². The Morgan fingerprint density at radius 1 is 1.30 bits per heavy atom. The van der Waals surface area contributed by atoms with Gasteiger partial charge in [-0.05, 0) is 35.7 Å². The molecule has 20 heavy (non-hydrogen) atoms. The summed E-state index contributed by atoms with van der Waals surface area (Å²) in [5.41, 5.74) is 8.12. The lowest BCUT2D eigenvalue weighted by Gasteiger charge is -2.09. The molecule has 4 heteroatoms. The summed E-state index contributed by atoms with van der Waals surface area (Å²) in [5.74, 6) is 1.84. The first kappa shape index (κ1) is 14.2. The molecule has 4 nitrogen and oxygen atoms in total. The molecule has 1 aromatic heterocycles. The summed E-state index contributed by atoms with van der Waals surface area (Å²) >= 11 is 0. The van der Waals surface area contributed by atoms with Gasteiger partial charge < -0.3 is 15.5 Å². The molecule has 0 aliphatic heterocycles. The van der Waals surface area contributed by atoms with Gasteiger partial charge in [-0.2, -0.15) is 0 Å². The highest BCUT2D eigenvalue weighted by Gasteiger charge is 2.01. The number of nitrogens with two attached hydrogens (primary N) is 1. The number of guanidine groups is 1. The predicted molar refractivity (Wildman–Crippen MR) is 83.1 cm³/mol. The van der Waals surface area contributed by atoms with E-state index in [0.29, 0.717) is 18.4 Å². The largest absolute Gasteiger partial charge is 0.469 e. The number of nitrogens with zero attached hydrogens (tertiary/aromatic N) is 1. The molecule has 0 bridgehead atoms. The maximum Gasteiger partial charge on any atom is 0.193 e. The normalized spacial score (nSPS) is 11.8. The molecule has 0 fully saturated rings. The first-order valence-electron chi connectivity index (χ1n) is 6.84. The Kier molecular flexibility index (Phi) is 4.82. The van der Waals surface area contributed by atoms with Crippen molar-refractivity contribution in [2.24, 2.45) is 10.7 Å². The molecule has 1 heterocycles. The number of rotatable bonds is 5. The fourth-order valence-electron chi connectivity index (χ4n) is 1.90. The summed E-state index contributed by atoms with van der Waals surface area (Å²) in [6, 6.07) is 12.0. The third-order valence-corrected chi connectivity index (χ3v) is 3.05. The zero-order valence-electron chi connectivity index (χ0n) is 12.0. The SMILES string of the molecule is CC(C)c1cccc(NC(N)=NCCc2ccco2)c1. The Bertz CT molecular complexity index is 559. The summed E-state index contributed by atoms with van der Waals surface area (Å²) < 4.78 is 5.25. The summed E-state index contributed by atoms with van der Waals surface area (Å²) in [7, 11) is 0. The number of benzene rings is 1. The monoisotopic (exact) mass is 271 g/mol. The first-order chi connectivity index (χ1) is 9.65. The van der Waals surface area contributed by atoms with E-state index in [1.165, 1.54) is 5.56 Å². The first-order valence-corrected chi connectivity index (χ1v) is 6.84. The van der Waals surface area contributed by atoms with Crippen LogP contribution in [0, 0.1) is 0 Å². The van der Waals surface area contributed by atoms with E-state index in [-0.39, 0.29) is 0 Å². The van der Waals surface area contributed by atoms with E-state index < -0.39 is 0 Å². The van der Waals surface area contributed by atoms with Crippen molar-refractivity contribution in [3.63, 3.8) is 0 Å². The number of nitrogens with one attached hydrogen (secondary N) is 1. The molecule has 0 radical (unpaired) electrons. The van der Waals surface area contributed by atoms with E-state index in [1.807, 2.05) is 24.3 Å². The molecule has 106 valence electrons. The van der Waals surface area contributed by atoms with Crippen molar-refractivity contribution in [2.75, 3.05) is 11.9 Å². The van der Waals surface area contributed by atoms with Crippen LogP contribution in [0.25, 0.3) is 0 Å². The van der Waals surface area contributed by atoms with E-state index in [4.69, 9.17) is 10.2 Å². The van der Waals surface area contributed by atoms with Crippen LogP contribution in [-0.4, -0.2) is 12.5 Å². The standard InChI is InChI=1S/C16H21N3O/c1-12(2)13-5-3-6-14(11-13)19-16(17)18-9-8-15-7-4-10-20-15/h3-7,10-12H,8-9H2,1-2H3,(H3,17,18,19). The van der Waals surface area contributed by atoms with Gasteiger partial charge in [0.05, 0.1) is 6.26 Å². The van der Waals surface area contributed by atoms with Crippen LogP contribution in [0.15, 0.2) is 52.1 Å². The molecular formula is C16H21N3O. The molecule has 0 atom stereocenters. The minimum absolute atomic E-state index is 0.428. The summed E-state index contributed by atoms with van der Waals surface area (Å²) in [6.07, 6.45) is 2.42.